The maximum absolute atomic E-state index is 14.5. The van der Waals surface area contributed by atoms with Crippen LogP contribution >= 0.6 is 0 Å². The smallest absolute Gasteiger partial charge is 0.267 e. The normalized spacial score (nSPS) is 21.1. The lowest BCUT2D eigenvalue weighted by molar-refractivity contribution is -0.214. The quantitative estimate of drug-likeness (QED) is 0.498. The molecule has 1 aliphatic heterocycles. The molecule has 0 amide bonds. The van der Waals surface area contributed by atoms with Gasteiger partial charge in [0.2, 0.25) is 6.17 Å². The van der Waals surface area contributed by atoms with Gasteiger partial charge in [-0.2, -0.15) is 13.2 Å². The molecule has 1 nitrogen and oxygen atoms in total. The SMILES string of the molecule is FC(C(F)C(F)(F)F)N1CCC[C@H]1C(c1ccccc1)c1ccccc1. The minimum absolute atomic E-state index is 0.110. The van der Waals surface area contributed by atoms with Crippen molar-refractivity contribution in [1.82, 2.24) is 4.90 Å². The zero-order chi connectivity index (χ0) is 18.7. The van der Waals surface area contributed by atoms with Gasteiger partial charge in [0.05, 0.1) is 0 Å². The molecule has 2 aromatic carbocycles. The maximum Gasteiger partial charge on any atom is 0.423 e. The molecule has 3 rings (SSSR count). The van der Waals surface area contributed by atoms with E-state index in [-0.39, 0.29) is 12.5 Å². The second-order valence-corrected chi connectivity index (χ2v) is 6.56. The summed E-state index contributed by atoms with van der Waals surface area (Å²) in [4.78, 5) is 1.04. The Labute approximate surface area is 149 Å². The van der Waals surface area contributed by atoms with E-state index in [1.54, 1.807) is 0 Å². The van der Waals surface area contributed by atoms with E-state index in [2.05, 4.69) is 0 Å². The fourth-order valence-corrected chi connectivity index (χ4v) is 3.76. The molecule has 0 radical (unpaired) electrons. The number of rotatable bonds is 5. The minimum Gasteiger partial charge on any atom is -0.267 e. The zero-order valence-electron chi connectivity index (χ0n) is 14.0. The summed E-state index contributed by atoms with van der Waals surface area (Å²) >= 11 is 0. The Hall–Kier alpha value is -1.95. The standard InChI is InChI=1S/C20H20F5N/c21-18(20(23,24)25)19(22)26-13-7-12-16(26)17(14-8-3-1-4-9-14)15-10-5-2-6-11-15/h1-6,8-11,16-19H,7,12-13H2/t16-,18?,19?/m0/s1. The third kappa shape index (κ3) is 3.90. The van der Waals surface area contributed by atoms with Gasteiger partial charge in [0, 0.05) is 18.5 Å². The van der Waals surface area contributed by atoms with Gasteiger partial charge in [-0.1, -0.05) is 60.7 Å². The van der Waals surface area contributed by atoms with Crippen molar-refractivity contribution >= 4 is 0 Å². The summed E-state index contributed by atoms with van der Waals surface area (Å²) in [7, 11) is 0. The summed E-state index contributed by atoms with van der Waals surface area (Å²) in [6.45, 7) is 0.110. The molecule has 3 atom stereocenters. The van der Waals surface area contributed by atoms with E-state index in [0.29, 0.717) is 12.8 Å². The molecule has 0 saturated carbocycles. The van der Waals surface area contributed by atoms with Gasteiger partial charge in [0.15, 0.2) is 6.30 Å². The largest absolute Gasteiger partial charge is 0.423 e. The van der Waals surface area contributed by atoms with Crippen LogP contribution in [-0.2, 0) is 0 Å². The zero-order valence-corrected chi connectivity index (χ0v) is 14.0. The summed E-state index contributed by atoms with van der Waals surface area (Å²) in [5, 5.41) is 0. The minimum atomic E-state index is -5.21. The Bertz CT molecular complexity index is 649. The Balaban J connectivity index is 1.95. The highest BCUT2D eigenvalue weighted by Gasteiger charge is 2.51. The average molecular weight is 369 g/mol. The van der Waals surface area contributed by atoms with Crippen molar-refractivity contribution in [1.29, 1.82) is 0 Å². The first-order chi connectivity index (χ1) is 12.4. The summed E-state index contributed by atoms with van der Waals surface area (Å²) in [6.07, 6.45) is -10.4. The van der Waals surface area contributed by atoms with Crippen LogP contribution < -0.4 is 0 Å². The van der Waals surface area contributed by atoms with Crippen LogP contribution in [0.4, 0.5) is 22.0 Å². The molecule has 140 valence electrons. The summed E-state index contributed by atoms with van der Waals surface area (Å²) in [5.74, 6) is -0.321. The molecule has 0 spiro atoms. The summed E-state index contributed by atoms with van der Waals surface area (Å²) in [6, 6.07) is 18.0. The van der Waals surface area contributed by atoms with Crippen LogP contribution in [0, 0.1) is 0 Å². The van der Waals surface area contributed by atoms with Crippen molar-refractivity contribution in [2.75, 3.05) is 6.54 Å². The molecule has 2 aromatic rings. The van der Waals surface area contributed by atoms with Gasteiger partial charge >= 0.3 is 6.18 Å². The number of hydrogen-bond donors (Lipinski definition) is 0. The molecule has 0 bridgehead atoms. The molecule has 1 fully saturated rings. The number of nitrogens with zero attached hydrogens (tertiary/aromatic N) is 1. The van der Waals surface area contributed by atoms with Crippen molar-refractivity contribution in [3.05, 3.63) is 71.8 Å². The highest BCUT2D eigenvalue weighted by molar-refractivity contribution is 5.34. The first kappa shape index (κ1) is 18.8. The van der Waals surface area contributed by atoms with Crippen LogP contribution in [0.2, 0.25) is 0 Å². The Morgan fingerprint density at radius 1 is 0.846 bits per heavy atom. The van der Waals surface area contributed by atoms with E-state index < -0.39 is 24.7 Å². The predicted molar refractivity (Wildman–Crippen MR) is 90.3 cm³/mol. The van der Waals surface area contributed by atoms with Crippen molar-refractivity contribution in [2.45, 2.75) is 43.4 Å². The van der Waals surface area contributed by atoms with Gasteiger partial charge in [-0.25, -0.2) is 8.78 Å². The van der Waals surface area contributed by atoms with E-state index in [0.717, 1.165) is 16.0 Å². The van der Waals surface area contributed by atoms with E-state index in [4.69, 9.17) is 0 Å². The van der Waals surface area contributed by atoms with Crippen LogP contribution in [0.1, 0.15) is 29.9 Å². The lowest BCUT2D eigenvalue weighted by Crippen LogP contribution is -2.49. The van der Waals surface area contributed by atoms with Gasteiger partial charge in [0.25, 0.3) is 0 Å². The van der Waals surface area contributed by atoms with Gasteiger partial charge < -0.3 is 0 Å². The van der Waals surface area contributed by atoms with Crippen LogP contribution in [0.3, 0.4) is 0 Å². The number of benzene rings is 2. The highest BCUT2D eigenvalue weighted by atomic mass is 19.4. The maximum atomic E-state index is 14.5. The fraction of sp³-hybridized carbons (Fsp3) is 0.400. The Morgan fingerprint density at radius 2 is 1.35 bits per heavy atom. The molecule has 0 aliphatic carbocycles. The molecule has 1 saturated heterocycles. The van der Waals surface area contributed by atoms with Gasteiger partial charge in [-0.3, -0.25) is 4.90 Å². The first-order valence-electron chi connectivity index (χ1n) is 8.60. The van der Waals surface area contributed by atoms with Crippen molar-refractivity contribution in [3.8, 4) is 0 Å². The summed E-state index contributed by atoms with van der Waals surface area (Å²) in [5.41, 5.74) is 1.76. The lowest BCUT2D eigenvalue weighted by atomic mass is 9.83. The van der Waals surface area contributed by atoms with Gasteiger partial charge in [-0.05, 0) is 24.0 Å². The molecular formula is C20H20F5N. The highest BCUT2D eigenvalue weighted by Crippen LogP contribution is 2.40. The third-order valence-electron chi connectivity index (χ3n) is 4.92. The second kappa shape index (κ2) is 7.74. The number of halogens is 5. The molecule has 26 heavy (non-hydrogen) atoms. The molecule has 0 N–H and O–H groups in total. The van der Waals surface area contributed by atoms with E-state index >= 15 is 0 Å². The van der Waals surface area contributed by atoms with Crippen molar-refractivity contribution < 1.29 is 22.0 Å². The van der Waals surface area contributed by atoms with Crippen LogP contribution in [0.15, 0.2) is 60.7 Å². The Morgan fingerprint density at radius 3 is 1.81 bits per heavy atom. The molecule has 0 aromatic heterocycles. The average Bonchev–Trinajstić information content (AvgIpc) is 3.11. The second-order valence-electron chi connectivity index (χ2n) is 6.56. The number of likely N-dealkylation sites (tertiary alicyclic amines) is 1. The molecule has 6 heteroatoms. The number of alkyl halides is 5. The fourth-order valence-electron chi connectivity index (χ4n) is 3.76. The van der Waals surface area contributed by atoms with E-state index in [9.17, 15) is 22.0 Å². The molecular weight excluding hydrogens is 349 g/mol. The van der Waals surface area contributed by atoms with E-state index in [1.807, 2.05) is 60.7 Å². The van der Waals surface area contributed by atoms with Crippen LogP contribution in [0.5, 0.6) is 0 Å². The van der Waals surface area contributed by atoms with E-state index in [1.165, 1.54) is 0 Å². The van der Waals surface area contributed by atoms with Crippen molar-refractivity contribution in [3.63, 3.8) is 0 Å². The predicted octanol–water partition coefficient (Wildman–Crippen LogP) is 5.48. The topological polar surface area (TPSA) is 3.24 Å². The van der Waals surface area contributed by atoms with Crippen molar-refractivity contribution in [2.24, 2.45) is 0 Å². The lowest BCUT2D eigenvalue weighted by Gasteiger charge is -2.35. The Kier molecular flexibility index (Phi) is 5.61. The van der Waals surface area contributed by atoms with Gasteiger partial charge in [-0.15, -0.1) is 0 Å². The molecule has 2 unspecified atom stereocenters. The van der Waals surface area contributed by atoms with Crippen LogP contribution in [-0.4, -0.2) is 36.1 Å². The third-order valence-corrected chi connectivity index (χ3v) is 4.92. The first-order valence-corrected chi connectivity index (χ1v) is 8.60. The van der Waals surface area contributed by atoms with Gasteiger partial charge in [0.1, 0.15) is 0 Å². The van der Waals surface area contributed by atoms with Crippen LogP contribution in [0.25, 0.3) is 0 Å². The number of hydrogen-bond acceptors (Lipinski definition) is 1. The molecule has 1 heterocycles. The summed E-state index contributed by atoms with van der Waals surface area (Å²) < 4.78 is 66.2. The monoisotopic (exact) mass is 369 g/mol. The molecule has 1 aliphatic rings.